The number of ether oxygens (including phenoxy) is 2. The molecule has 0 aromatic heterocycles. The topological polar surface area (TPSA) is 30.5 Å². The van der Waals surface area contributed by atoms with Crippen molar-refractivity contribution in [2.45, 2.75) is 25.8 Å². The van der Waals surface area contributed by atoms with Crippen LogP contribution < -0.4 is 10.1 Å². The zero-order valence-electron chi connectivity index (χ0n) is 11.6. The zero-order chi connectivity index (χ0) is 13.7. The van der Waals surface area contributed by atoms with Crippen molar-refractivity contribution >= 4 is 0 Å². The Morgan fingerprint density at radius 1 is 1.42 bits per heavy atom. The summed E-state index contributed by atoms with van der Waals surface area (Å²) >= 11 is 0. The highest BCUT2D eigenvalue weighted by Gasteiger charge is 2.21. The maximum atomic E-state index is 13.8. The first-order valence-electron chi connectivity index (χ1n) is 6.86. The minimum atomic E-state index is -0.238. The third-order valence-electron chi connectivity index (χ3n) is 3.41. The van der Waals surface area contributed by atoms with Crippen LogP contribution in [0.15, 0.2) is 18.2 Å². The summed E-state index contributed by atoms with van der Waals surface area (Å²) < 4.78 is 24.6. The number of rotatable bonds is 8. The van der Waals surface area contributed by atoms with Gasteiger partial charge in [-0.05, 0) is 37.8 Å². The molecule has 1 aromatic carbocycles. The molecule has 1 N–H and O–H groups in total. The van der Waals surface area contributed by atoms with E-state index in [0.29, 0.717) is 24.5 Å². The lowest BCUT2D eigenvalue weighted by Crippen LogP contribution is -2.24. The molecule has 4 heteroatoms. The monoisotopic (exact) mass is 267 g/mol. The van der Waals surface area contributed by atoms with E-state index in [1.807, 2.05) is 6.92 Å². The average Bonchev–Trinajstić information content (AvgIpc) is 3.21. The van der Waals surface area contributed by atoms with Gasteiger partial charge in [-0.25, -0.2) is 4.39 Å². The van der Waals surface area contributed by atoms with Crippen molar-refractivity contribution in [1.82, 2.24) is 5.32 Å². The van der Waals surface area contributed by atoms with Gasteiger partial charge in [-0.3, -0.25) is 0 Å². The van der Waals surface area contributed by atoms with Gasteiger partial charge in [0.25, 0.3) is 0 Å². The standard InChI is InChI=1S/C15H22FNO2/c1-11(17-8-9-19-10-12-6-7-12)15-13(16)4-3-5-14(15)18-2/h3-5,11-12,17H,6-10H2,1-2H3. The molecule has 1 saturated carbocycles. The summed E-state index contributed by atoms with van der Waals surface area (Å²) in [7, 11) is 1.56. The number of hydrogen-bond donors (Lipinski definition) is 1. The fourth-order valence-electron chi connectivity index (χ4n) is 2.10. The van der Waals surface area contributed by atoms with Crippen LogP contribution in [-0.2, 0) is 4.74 Å². The molecule has 0 heterocycles. The van der Waals surface area contributed by atoms with Crippen molar-refractivity contribution < 1.29 is 13.9 Å². The third-order valence-corrected chi connectivity index (χ3v) is 3.41. The van der Waals surface area contributed by atoms with E-state index >= 15 is 0 Å². The van der Waals surface area contributed by atoms with E-state index in [2.05, 4.69) is 5.32 Å². The van der Waals surface area contributed by atoms with E-state index in [4.69, 9.17) is 9.47 Å². The summed E-state index contributed by atoms with van der Waals surface area (Å²) in [5, 5.41) is 3.26. The molecule has 0 saturated heterocycles. The number of nitrogens with one attached hydrogen (secondary N) is 1. The lowest BCUT2D eigenvalue weighted by atomic mass is 10.1. The van der Waals surface area contributed by atoms with Crippen LogP contribution in [0.2, 0.25) is 0 Å². The number of methoxy groups -OCH3 is 1. The molecule has 3 nitrogen and oxygen atoms in total. The van der Waals surface area contributed by atoms with Gasteiger partial charge in [0.1, 0.15) is 11.6 Å². The Bertz CT molecular complexity index is 407. The Hall–Kier alpha value is -1.13. The molecule has 1 atom stereocenters. The third kappa shape index (κ3) is 4.18. The van der Waals surface area contributed by atoms with Gasteiger partial charge in [0.15, 0.2) is 0 Å². The molecule has 1 aromatic rings. The molecule has 1 aliphatic rings. The highest BCUT2D eigenvalue weighted by Crippen LogP contribution is 2.29. The van der Waals surface area contributed by atoms with Gasteiger partial charge in [0.2, 0.25) is 0 Å². The van der Waals surface area contributed by atoms with Crippen molar-refractivity contribution in [2.24, 2.45) is 5.92 Å². The van der Waals surface area contributed by atoms with E-state index in [1.165, 1.54) is 18.9 Å². The van der Waals surface area contributed by atoms with E-state index in [0.717, 1.165) is 12.5 Å². The first kappa shape index (κ1) is 14.3. The van der Waals surface area contributed by atoms with Crippen LogP contribution in [0.1, 0.15) is 31.4 Å². The van der Waals surface area contributed by atoms with E-state index in [1.54, 1.807) is 19.2 Å². The first-order valence-corrected chi connectivity index (χ1v) is 6.86. The summed E-state index contributed by atoms with van der Waals surface area (Å²) in [5.41, 5.74) is 0.576. The lowest BCUT2D eigenvalue weighted by molar-refractivity contribution is 0.124. The van der Waals surface area contributed by atoms with Crippen LogP contribution in [-0.4, -0.2) is 26.9 Å². The van der Waals surface area contributed by atoms with Crippen molar-refractivity contribution in [3.05, 3.63) is 29.6 Å². The summed E-state index contributed by atoms with van der Waals surface area (Å²) in [6.45, 7) is 4.17. The average molecular weight is 267 g/mol. The predicted molar refractivity (Wildman–Crippen MR) is 72.9 cm³/mol. The van der Waals surface area contributed by atoms with E-state index in [-0.39, 0.29) is 11.9 Å². The van der Waals surface area contributed by atoms with Crippen molar-refractivity contribution in [1.29, 1.82) is 0 Å². The van der Waals surface area contributed by atoms with Crippen molar-refractivity contribution in [3.63, 3.8) is 0 Å². The Balaban J connectivity index is 1.79. The van der Waals surface area contributed by atoms with Gasteiger partial charge >= 0.3 is 0 Å². The Morgan fingerprint density at radius 3 is 2.89 bits per heavy atom. The van der Waals surface area contributed by atoms with Gasteiger partial charge in [0.05, 0.1) is 13.7 Å². The summed E-state index contributed by atoms with van der Waals surface area (Å²) in [4.78, 5) is 0. The fourth-order valence-corrected chi connectivity index (χ4v) is 2.10. The number of hydrogen-bond acceptors (Lipinski definition) is 3. The van der Waals surface area contributed by atoms with Crippen LogP contribution in [0.3, 0.4) is 0 Å². The Morgan fingerprint density at radius 2 is 2.21 bits per heavy atom. The second-order valence-corrected chi connectivity index (χ2v) is 5.05. The fraction of sp³-hybridized carbons (Fsp3) is 0.600. The summed E-state index contributed by atoms with van der Waals surface area (Å²) in [6.07, 6.45) is 2.60. The molecule has 0 amide bonds. The van der Waals surface area contributed by atoms with Gasteiger partial charge in [0, 0.05) is 24.8 Å². The molecule has 19 heavy (non-hydrogen) atoms. The molecule has 0 aliphatic heterocycles. The first-order chi connectivity index (χ1) is 9.22. The van der Waals surface area contributed by atoms with Gasteiger partial charge in [-0.2, -0.15) is 0 Å². The maximum Gasteiger partial charge on any atom is 0.131 e. The van der Waals surface area contributed by atoms with Crippen LogP contribution >= 0.6 is 0 Å². The molecular formula is C15H22FNO2. The number of benzene rings is 1. The second kappa shape index (κ2) is 6.87. The van der Waals surface area contributed by atoms with Crippen LogP contribution in [0.5, 0.6) is 5.75 Å². The molecule has 0 spiro atoms. The van der Waals surface area contributed by atoms with Gasteiger partial charge in [-0.15, -0.1) is 0 Å². The lowest BCUT2D eigenvalue weighted by Gasteiger charge is -2.18. The normalized spacial score (nSPS) is 16.4. The quantitative estimate of drug-likeness (QED) is 0.735. The minimum absolute atomic E-state index is 0.0966. The van der Waals surface area contributed by atoms with Crippen molar-refractivity contribution in [3.8, 4) is 5.75 Å². The molecule has 0 radical (unpaired) electrons. The highest BCUT2D eigenvalue weighted by molar-refractivity contribution is 5.36. The molecule has 1 unspecified atom stereocenters. The van der Waals surface area contributed by atoms with E-state index < -0.39 is 0 Å². The van der Waals surface area contributed by atoms with Crippen LogP contribution in [0.25, 0.3) is 0 Å². The van der Waals surface area contributed by atoms with E-state index in [9.17, 15) is 4.39 Å². The number of halogens is 1. The predicted octanol–water partition coefficient (Wildman–Crippen LogP) is 2.91. The second-order valence-electron chi connectivity index (χ2n) is 5.05. The molecule has 1 aliphatic carbocycles. The molecule has 106 valence electrons. The largest absolute Gasteiger partial charge is 0.496 e. The van der Waals surface area contributed by atoms with Gasteiger partial charge in [-0.1, -0.05) is 6.07 Å². The summed E-state index contributed by atoms with van der Waals surface area (Å²) in [5.74, 6) is 1.13. The summed E-state index contributed by atoms with van der Waals surface area (Å²) in [6, 6.07) is 4.80. The van der Waals surface area contributed by atoms with Crippen molar-refractivity contribution in [2.75, 3.05) is 26.9 Å². The molecule has 0 bridgehead atoms. The maximum absolute atomic E-state index is 13.8. The minimum Gasteiger partial charge on any atom is -0.496 e. The Kier molecular flexibility index (Phi) is 5.16. The van der Waals surface area contributed by atoms with Crippen LogP contribution in [0, 0.1) is 11.7 Å². The smallest absolute Gasteiger partial charge is 0.131 e. The molecule has 2 rings (SSSR count). The molecule has 1 fully saturated rings. The van der Waals surface area contributed by atoms with Crippen LogP contribution in [0.4, 0.5) is 4.39 Å². The highest BCUT2D eigenvalue weighted by atomic mass is 19.1. The van der Waals surface area contributed by atoms with Gasteiger partial charge < -0.3 is 14.8 Å². The Labute approximate surface area is 114 Å². The molecular weight excluding hydrogens is 245 g/mol. The SMILES string of the molecule is COc1cccc(F)c1C(C)NCCOCC1CC1. The zero-order valence-corrected chi connectivity index (χ0v) is 11.6.